The van der Waals surface area contributed by atoms with Crippen molar-refractivity contribution in [1.29, 1.82) is 0 Å². The van der Waals surface area contributed by atoms with E-state index in [9.17, 15) is 4.79 Å². The Kier molecular flexibility index (Phi) is 3.74. The number of amides is 1. The fourth-order valence-corrected chi connectivity index (χ4v) is 2.16. The van der Waals surface area contributed by atoms with Crippen LogP contribution in [-0.2, 0) is 0 Å². The molecule has 1 amide bonds. The second kappa shape index (κ2) is 5.85. The molecule has 3 rings (SSSR count). The third kappa shape index (κ3) is 2.63. The number of carbonyl (C=O) groups is 1. The molecule has 112 valence electrons. The molecule has 0 radical (unpaired) electrons. The van der Waals surface area contributed by atoms with E-state index in [1.165, 1.54) is 0 Å². The predicted octanol–water partition coefficient (Wildman–Crippen LogP) is 2.69. The molecule has 6 heteroatoms. The van der Waals surface area contributed by atoms with Crippen molar-refractivity contribution in [3.63, 3.8) is 0 Å². The first-order valence-electron chi connectivity index (χ1n) is 6.92. The molecule has 3 aromatic rings. The zero-order chi connectivity index (χ0) is 15.5. The molecule has 0 aromatic carbocycles. The van der Waals surface area contributed by atoms with Gasteiger partial charge in [0.25, 0.3) is 5.91 Å². The molecule has 22 heavy (non-hydrogen) atoms. The van der Waals surface area contributed by atoms with E-state index in [1.54, 1.807) is 59.8 Å². The quantitative estimate of drug-likeness (QED) is 0.742. The van der Waals surface area contributed by atoms with E-state index < -0.39 is 0 Å². The Hall–Kier alpha value is -2.89. The maximum atomic E-state index is 12.5. The topological polar surface area (TPSA) is 64.2 Å². The maximum Gasteiger partial charge on any atom is 0.255 e. The highest BCUT2D eigenvalue weighted by Gasteiger charge is 2.21. The van der Waals surface area contributed by atoms with Gasteiger partial charge in [-0.05, 0) is 31.2 Å². The zero-order valence-corrected chi connectivity index (χ0v) is 12.4. The molecular weight excluding hydrogens is 280 g/mol. The molecule has 1 atom stereocenters. The highest BCUT2D eigenvalue weighted by Crippen LogP contribution is 2.21. The molecule has 0 N–H and O–H groups in total. The van der Waals surface area contributed by atoms with Crippen LogP contribution in [0.15, 0.2) is 59.9 Å². The third-order valence-electron chi connectivity index (χ3n) is 3.62. The Morgan fingerprint density at radius 1 is 1.36 bits per heavy atom. The van der Waals surface area contributed by atoms with Gasteiger partial charge in [-0.3, -0.25) is 9.36 Å². The van der Waals surface area contributed by atoms with E-state index in [0.717, 1.165) is 11.6 Å². The molecule has 1 unspecified atom stereocenters. The summed E-state index contributed by atoms with van der Waals surface area (Å²) in [5.41, 5.74) is 0.532. The summed E-state index contributed by atoms with van der Waals surface area (Å²) in [6.07, 6.45) is 8.32. The van der Waals surface area contributed by atoms with Crippen LogP contribution < -0.4 is 0 Å². The van der Waals surface area contributed by atoms with E-state index in [1.807, 2.05) is 19.1 Å². The largest absolute Gasteiger partial charge is 0.467 e. The van der Waals surface area contributed by atoms with Crippen molar-refractivity contribution in [2.24, 2.45) is 0 Å². The molecule has 0 saturated heterocycles. The third-order valence-corrected chi connectivity index (χ3v) is 3.62. The van der Waals surface area contributed by atoms with Crippen molar-refractivity contribution in [2.75, 3.05) is 7.05 Å². The van der Waals surface area contributed by atoms with E-state index >= 15 is 0 Å². The van der Waals surface area contributed by atoms with Gasteiger partial charge in [0.2, 0.25) is 0 Å². The fourth-order valence-electron chi connectivity index (χ4n) is 2.16. The summed E-state index contributed by atoms with van der Waals surface area (Å²) in [6.45, 7) is 1.92. The smallest absolute Gasteiger partial charge is 0.255 e. The summed E-state index contributed by atoms with van der Waals surface area (Å²) in [7, 11) is 1.75. The molecule has 0 bridgehead atoms. The number of imidazole rings is 1. The van der Waals surface area contributed by atoms with Gasteiger partial charge in [0, 0.05) is 25.6 Å². The molecule has 0 aliphatic rings. The van der Waals surface area contributed by atoms with Crippen LogP contribution in [0, 0.1) is 0 Å². The van der Waals surface area contributed by atoms with E-state index in [-0.39, 0.29) is 11.9 Å². The van der Waals surface area contributed by atoms with Crippen LogP contribution in [0.5, 0.6) is 0 Å². The number of pyridine rings is 1. The molecule has 3 heterocycles. The second-order valence-corrected chi connectivity index (χ2v) is 4.98. The standard InChI is InChI=1S/C16H16N4O2/c1-12(14-4-3-9-22-14)19(2)16(21)13-5-6-15(18-10-13)20-8-7-17-11-20/h3-12H,1-2H3. The summed E-state index contributed by atoms with van der Waals surface area (Å²) < 4.78 is 7.13. The predicted molar refractivity (Wildman–Crippen MR) is 80.6 cm³/mol. The summed E-state index contributed by atoms with van der Waals surface area (Å²) in [5.74, 6) is 1.36. The van der Waals surface area contributed by atoms with Crippen molar-refractivity contribution >= 4 is 5.91 Å². The molecule has 0 fully saturated rings. The number of rotatable bonds is 4. The fraction of sp³-hybridized carbons (Fsp3) is 0.188. The summed E-state index contributed by atoms with van der Waals surface area (Å²) in [5, 5.41) is 0. The SMILES string of the molecule is CC(c1ccco1)N(C)C(=O)c1ccc(-n2ccnc2)nc1. The van der Waals surface area contributed by atoms with Crippen molar-refractivity contribution in [1.82, 2.24) is 19.4 Å². The van der Waals surface area contributed by atoms with E-state index in [4.69, 9.17) is 4.42 Å². The lowest BCUT2D eigenvalue weighted by Gasteiger charge is -2.23. The normalized spacial score (nSPS) is 12.1. The van der Waals surface area contributed by atoms with Crippen molar-refractivity contribution < 1.29 is 9.21 Å². The Balaban J connectivity index is 1.77. The minimum Gasteiger partial charge on any atom is -0.467 e. The van der Waals surface area contributed by atoms with Gasteiger partial charge in [-0.2, -0.15) is 0 Å². The van der Waals surface area contributed by atoms with Crippen LogP contribution in [0.3, 0.4) is 0 Å². The number of nitrogens with zero attached hydrogens (tertiary/aromatic N) is 4. The van der Waals surface area contributed by atoms with Crippen LogP contribution >= 0.6 is 0 Å². The first-order chi connectivity index (χ1) is 10.7. The van der Waals surface area contributed by atoms with Gasteiger partial charge in [0.15, 0.2) is 0 Å². The Labute approximate surface area is 128 Å². The Morgan fingerprint density at radius 2 is 2.23 bits per heavy atom. The first-order valence-corrected chi connectivity index (χ1v) is 6.92. The van der Waals surface area contributed by atoms with Gasteiger partial charge >= 0.3 is 0 Å². The van der Waals surface area contributed by atoms with E-state index in [2.05, 4.69) is 9.97 Å². The lowest BCUT2D eigenvalue weighted by atomic mass is 10.2. The number of hydrogen-bond donors (Lipinski definition) is 0. The Bertz CT molecular complexity index is 733. The minimum absolute atomic E-state index is 0.103. The van der Waals surface area contributed by atoms with Gasteiger partial charge in [-0.1, -0.05) is 0 Å². The lowest BCUT2D eigenvalue weighted by Crippen LogP contribution is -2.29. The van der Waals surface area contributed by atoms with Crippen molar-refractivity contribution in [2.45, 2.75) is 13.0 Å². The molecule has 3 aromatic heterocycles. The average Bonchev–Trinajstić information content (AvgIpc) is 3.26. The van der Waals surface area contributed by atoms with Crippen LogP contribution in [-0.4, -0.2) is 32.4 Å². The van der Waals surface area contributed by atoms with Crippen molar-refractivity contribution in [3.8, 4) is 5.82 Å². The van der Waals surface area contributed by atoms with Crippen LogP contribution in [0.4, 0.5) is 0 Å². The molecule has 6 nitrogen and oxygen atoms in total. The molecule has 0 spiro atoms. The average molecular weight is 296 g/mol. The number of aromatic nitrogens is 3. The van der Waals surface area contributed by atoms with Crippen molar-refractivity contribution in [3.05, 3.63) is 66.8 Å². The van der Waals surface area contributed by atoms with Crippen LogP contribution in [0.1, 0.15) is 29.1 Å². The highest BCUT2D eigenvalue weighted by atomic mass is 16.3. The summed E-state index contributed by atoms with van der Waals surface area (Å²) >= 11 is 0. The molecule has 0 aliphatic heterocycles. The maximum absolute atomic E-state index is 12.5. The Morgan fingerprint density at radius 3 is 2.82 bits per heavy atom. The van der Waals surface area contributed by atoms with Gasteiger partial charge in [-0.25, -0.2) is 9.97 Å². The van der Waals surface area contributed by atoms with Gasteiger partial charge in [0.1, 0.15) is 17.9 Å². The minimum atomic E-state index is -0.143. The monoisotopic (exact) mass is 296 g/mol. The van der Waals surface area contributed by atoms with Crippen LogP contribution in [0.2, 0.25) is 0 Å². The van der Waals surface area contributed by atoms with E-state index in [0.29, 0.717) is 5.56 Å². The number of furan rings is 1. The molecule has 0 aliphatic carbocycles. The second-order valence-electron chi connectivity index (χ2n) is 4.98. The van der Waals surface area contributed by atoms with Gasteiger partial charge in [0.05, 0.1) is 17.9 Å². The zero-order valence-electron chi connectivity index (χ0n) is 12.4. The van der Waals surface area contributed by atoms with Crippen LogP contribution in [0.25, 0.3) is 5.82 Å². The number of hydrogen-bond acceptors (Lipinski definition) is 4. The molecular formula is C16H16N4O2. The first kappa shape index (κ1) is 14.1. The summed E-state index contributed by atoms with van der Waals surface area (Å²) in [4.78, 5) is 22.4. The summed E-state index contributed by atoms with van der Waals surface area (Å²) in [6, 6.07) is 7.08. The van der Waals surface area contributed by atoms with Gasteiger partial charge in [-0.15, -0.1) is 0 Å². The lowest BCUT2D eigenvalue weighted by molar-refractivity contribution is 0.0726. The highest BCUT2D eigenvalue weighted by molar-refractivity contribution is 5.94. The molecule has 0 saturated carbocycles. The number of carbonyl (C=O) groups excluding carboxylic acids is 1. The van der Waals surface area contributed by atoms with Gasteiger partial charge < -0.3 is 9.32 Å².